The zero-order valence-corrected chi connectivity index (χ0v) is 11.8. The predicted molar refractivity (Wildman–Crippen MR) is 79.7 cm³/mol. The van der Waals surface area contributed by atoms with Crippen LogP contribution < -0.4 is 16.4 Å². The van der Waals surface area contributed by atoms with E-state index in [2.05, 4.69) is 0 Å². The molecule has 1 aromatic carbocycles. The molecule has 4 N–H and O–H groups in total. The van der Waals surface area contributed by atoms with Gasteiger partial charge in [-0.2, -0.15) is 0 Å². The number of hydrogen-bond donors (Lipinski definition) is 2. The summed E-state index contributed by atoms with van der Waals surface area (Å²) in [6.45, 7) is 1.66. The molecule has 1 aliphatic carbocycles. The maximum atomic E-state index is 11.6. The minimum Gasteiger partial charge on any atom is -0.398 e. The molecule has 0 aromatic heterocycles. The van der Waals surface area contributed by atoms with Crippen molar-refractivity contribution in [3.63, 3.8) is 0 Å². The summed E-state index contributed by atoms with van der Waals surface area (Å²) in [7, 11) is 0. The van der Waals surface area contributed by atoms with Crippen LogP contribution in [0.25, 0.3) is 0 Å². The molecule has 0 radical (unpaired) electrons. The second kappa shape index (κ2) is 5.94. The number of ketones is 1. The van der Waals surface area contributed by atoms with Gasteiger partial charge in [0.2, 0.25) is 5.91 Å². The van der Waals surface area contributed by atoms with E-state index in [-0.39, 0.29) is 18.2 Å². The molecule has 1 amide bonds. The zero-order chi connectivity index (χ0) is 14.7. The van der Waals surface area contributed by atoms with Crippen LogP contribution in [-0.4, -0.2) is 24.3 Å². The van der Waals surface area contributed by atoms with Crippen LogP contribution in [0.4, 0.5) is 11.4 Å². The van der Waals surface area contributed by atoms with Gasteiger partial charge in [0.25, 0.3) is 0 Å². The van der Waals surface area contributed by atoms with Crippen LogP contribution in [0.5, 0.6) is 0 Å². The Labute approximate surface area is 118 Å². The molecule has 0 saturated heterocycles. The number of hydrogen-bond acceptors (Lipinski definition) is 4. The summed E-state index contributed by atoms with van der Waals surface area (Å²) in [5.74, 6) is -0.437. The monoisotopic (exact) mass is 275 g/mol. The summed E-state index contributed by atoms with van der Waals surface area (Å²) in [5.41, 5.74) is 13.0. The topological polar surface area (TPSA) is 89.4 Å². The van der Waals surface area contributed by atoms with Gasteiger partial charge in [0.1, 0.15) is 0 Å². The van der Waals surface area contributed by atoms with Gasteiger partial charge < -0.3 is 16.4 Å². The van der Waals surface area contributed by atoms with Gasteiger partial charge in [-0.15, -0.1) is 0 Å². The molecule has 0 spiro atoms. The highest BCUT2D eigenvalue weighted by Crippen LogP contribution is 2.30. The van der Waals surface area contributed by atoms with E-state index in [4.69, 9.17) is 11.5 Å². The van der Waals surface area contributed by atoms with Crippen molar-refractivity contribution >= 4 is 23.1 Å². The lowest BCUT2D eigenvalue weighted by atomic mass is 10.1. The van der Waals surface area contributed by atoms with Crippen molar-refractivity contribution in [3.05, 3.63) is 23.8 Å². The van der Waals surface area contributed by atoms with E-state index in [1.54, 1.807) is 12.1 Å². The van der Waals surface area contributed by atoms with E-state index in [0.29, 0.717) is 17.3 Å². The first kappa shape index (κ1) is 14.4. The summed E-state index contributed by atoms with van der Waals surface area (Å²) in [6.07, 6.45) is 4.42. The van der Waals surface area contributed by atoms with Gasteiger partial charge in [0.05, 0.1) is 6.54 Å². The van der Waals surface area contributed by atoms with Crippen LogP contribution in [0.1, 0.15) is 43.0 Å². The number of benzene rings is 1. The van der Waals surface area contributed by atoms with Gasteiger partial charge in [0, 0.05) is 23.0 Å². The lowest BCUT2D eigenvalue weighted by Gasteiger charge is -2.30. The average Bonchev–Trinajstić information content (AvgIpc) is 2.90. The maximum absolute atomic E-state index is 11.6. The van der Waals surface area contributed by atoms with Gasteiger partial charge in [-0.1, -0.05) is 12.8 Å². The smallest absolute Gasteiger partial charge is 0.236 e. The first-order valence-corrected chi connectivity index (χ1v) is 6.94. The molecule has 20 heavy (non-hydrogen) atoms. The molecule has 1 aromatic rings. The van der Waals surface area contributed by atoms with E-state index in [1.807, 2.05) is 11.0 Å². The van der Waals surface area contributed by atoms with Crippen molar-refractivity contribution < 1.29 is 9.59 Å². The Morgan fingerprint density at radius 1 is 1.30 bits per heavy atom. The fourth-order valence-electron chi connectivity index (χ4n) is 2.84. The Morgan fingerprint density at radius 2 is 1.95 bits per heavy atom. The number of Topliss-reactive ketones (excluding diaryl/α,β-unsaturated/α-hetero) is 1. The minimum atomic E-state index is -0.363. The first-order valence-electron chi connectivity index (χ1n) is 6.94. The number of amides is 1. The summed E-state index contributed by atoms with van der Waals surface area (Å²) < 4.78 is 0. The molecule has 0 unspecified atom stereocenters. The number of nitrogens with two attached hydrogens (primary N) is 2. The molecule has 1 aliphatic rings. The normalized spacial score (nSPS) is 15.2. The summed E-state index contributed by atoms with van der Waals surface area (Å²) >= 11 is 0. The third-order valence-electron chi connectivity index (χ3n) is 3.84. The molecular formula is C15H21N3O2. The van der Waals surface area contributed by atoms with Gasteiger partial charge >= 0.3 is 0 Å². The molecule has 2 rings (SSSR count). The van der Waals surface area contributed by atoms with E-state index >= 15 is 0 Å². The lowest BCUT2D eigenvalue weighted by molar-refractivity contribution is -0.116. The Balaban J connectivity index is 2.34. The van der Waals surface area contributed by atoms with Gasteiger partial charge in [-0.25, -0.2) is 0 Å². The highest BCUT2D eigenvalue weighted by molar-refractivity contribution is 6.00. The quantitative estimate of drug-likeness (QED) is 0.632. The van der Waals surface area contributed by atoms with Crippen molar-refractivity contribution in [2.45, 2.75) is 38.6 Å². The van der Waals surface area contributed by atoms with Crippen molar-refractivity contribution in [2.24, 2.45) is 5.73 Å². The lowest BCUT2D eigenvalue weighted by Crippen LogP contribution is -2.40. The van der Waals surface area contributed by atoms with E-state index in [1.165, 1.54) is 6.92 Å². The second-order valence-electron chi connectivity index (χ2n) is 5.36. The van der Waals surface area contributed by atoms with Gasteiger partial charge in [-0.3, -0.25) is 9.59 Å². The molecule has 0 atom stereocenters. The molecule has 5 nitrogen and oxygen atoms in total. The zero-order valence-electron chi connectivity index (χ0n) is 11.8. The first-order chi connectivity index (χ1) is 9.49. The van der Waals surface area contributed by atoms with Crippen LogP contribution >= 0.6 is 0 Å². The summed E-state index contributed by atoms with van der Waals surface area (Å²) in [5, 5.41) is 0. The van der Waals surface area contributed by atoms with Crippen LogP contribution in [0.3, 0.4) is 0 Å². The Morgan fingerprint density at radius 3 is 2.50 bits per heavy atom. The fraction of sp³-hybridized carbons (Fsp3) is 0.467. The minimum absolute atomic E-state index is 0.0743. The van der Waals surface area contributed by atoms with Crippen molar-refractivity contribution in [1.82, 2.24) is 0 Å². The molecule has 108 valence electrons. The Hall–Kier alpha value is -2.04. The molecule has 1 fully saturated rings. The van der Waals surface area contributed by atoms with Gasteiger partial charge in [-0.05, 0) is 38.0 Å². The molecule has 0 bridgehead atoms. The van der Waals surface area contributed by atoms with Crippen LogP contribution in [0.2, 0.25) is 0 Å². The van der Waals surface area contributed by atoms with E-state index in [9.17, 15) is 9.59 Å². The number of carbonyl (C=O) groups excluding carboxylic acids is 2. The predicted octanol–water partition coefficient (Wildman–Crippen LogP) is 1.71. The standard InChI is InChI=1S/C15H21N3O2/c1-10(19)13-8-12(6-7-14(13)16)18(9-15(17)20)11-4-2-3-5-11/h6-8,11H,2-5,9,16H2,1H3,(H2,17,20). The maximum Gasteiger partial charge on any atom is 0.236 e. The number of carbonyl (C=O) groups is 2. The molecule has 5 heteroatoms. The third-order valence-corrected chi connectivity index (χ3v) is 3.84. The molecule has 0 heterocycles. The van der Waals surface area contributed by atoms with E-state index < -0.39 is 0 Å². The number of nitrogen functional groups attached to an aromatic ring is 1. The Bertz CT molecular complexity index is 522. The molecular weight excluding hydrogens is 254 g/mol. The van der Waals surface area contributed by atoms with Crippen LogP contribution in [0.15, 0.2) is 18.2 Å². The summed E-state index contributed by atoms with van der Waals surface area (Å²) in [4.78, 5) is 24.9. The van der Waals surface area contributed by atoms with Crippen LogP contribution in [0, 0.1) is 0 Å². The highest BCUT2D eigenvalue weighted by atomic mass is 16.1. The van der Waals surface area contributed by atoms with Gasteiger partial charge in [0.15, 0.2) is 5.78 Å². The van der Waals surface area contributed by atoms with Crippen LogP contribution in [-0.2, 0) is 4.79 Å². The summed E-state index contributed by atoms with van der Waals surface area (Å²) in [6, 6.07) is 5.64. The van der Waals surface area contributed by atoms with Crippen molar-refractivity contribution in [1.29, 1.82) is 0 Å². The average molecular weight is 275 g/mol. The molecule has 1 saturated carbocycles. The van der Waals surface area contributed by atoms with Crippen molar-refractivity contribution in [2.75, 3.05) is 17.2 Å². The number of nitrogens with zero attached hydrogens (tertiary/aromatic N) is 1. The third kappa shape index (κ3) is 3.10. The number of rotatable bonds is 5. The van der Waals surface area contributed by atoms with Crippen molar-refractivity contribution in [3.8, 4) is 0 Å². The largest absolute Gasteiger partial charge is 0.398 e. The number of primary amides is 1. The SMILES string of the molecule is CC(=O)c1cc(N(CC(N)=O)C2CCCC2)ccc1N. The highest BCUT2D eigenvalue weighted by Gasteiger charge is 2.24. The second-order valence-corrected chi connectivity index (χ2v) is 5.36. The van der Waals surface area contributed by atoms with E-state index in [0.717, 1.165) is 31.4 Å². The number of anilines is 2. The fourth-order valence-corrected chi connectivity index (χ4v) is 2.84. The molecule has 0 aliphatic heterocycles. The Kier molecular flexibility index (Phi) is 4.27.